The van der Waals surface area contributed by atoms with Crippen LogP contribution in [0.4, 0.5) is 0 Å². The Morgan fingerprint density at radius 1 is 0.979 bits per heavy atom. The van der Waals surface area contributed by atoms with Crippen LogP contribution in [0, 0.1) is 40.4 Å². The molecular formula is C37H49NO10. The van der Waals surface area contributed by atoms with Crippen molar-refractivity contribution in [2.24, 2.45) is 40.4 Å². The molecule has 1 aliphatic heterocycles. The molecule has 5 rings (SSSR count). The Hall–Kier alpha value is -3.73. The van der Waals surface area contributed by atoms with Gasteiger partial charge in [0.15, 0.2) is 0 Å². The Balaban J connectivity index is 1.66. The molecule has 2 aromatic heterocycles. The van der Waals surface area contributed by atoms with Crippen LogP contribution in [-0.2, 0) is 28.6 Å². The van der Waals surface area contributed by atoms with Crippen LogP contribution in [0.5, 0.6) is 5.75 Å². The number of esters is 3. The first-order valence-corrected chi connectivity index (χ1v) is 17.0. The molecular weight excluding hydrogens is 618 g/mol. The molecule has 0 amide bonds. The van der Waals surface area contributed by atoms with Gasteiger partial charge in [-0.3, -0.25) is 19.4 Å². The number of aliphatic hydroxyl groups excluding tert-OH is 1. The topological polar surface area (TPSA) is 151 Å². The average molecular weight is 668 g/mol. The van der Waals surface area contributed by atoms with Crippen LogP contribution < -0.4 is 10.4 Å². The molecule has 2 saturated carbocycles. The minimum atomic E-state index is -1.36. The fourth-order valence-corrected chi connectivity index (χ4v) is 8.33. The Morgan fingerprint density at radius 2 is 1.60 bits per heavy atom. The van der Waals surface area contributed by atoms with E-state index in [1.165, 1.54) is 0 Å². The number of carbonyl (C=O) groups is 3. The highest BCUT2D eigenvalue weighted by Crippen LogP contribution is 2.67. The van der Waals surface area contributed by atoms with Crippen molar-refractivity contribution >= 4 is 17.9 Å². The van der Waals surface area contributed by atoms with Crippen LogP contribution in [0.15, 0.2) is 39.8 Å². The van der Waals surface area contributed by atoms with Crippen LogP contribution in [0.2, 0.25) is 0 Å². The Kier molecular flexibility index (Phi) is 9.60. The summed E-state index contributed by atoms with van der Waals surface area (Å²) < 4.78 is 30.7. The van der Waals surface area contributed by atoms with Gasteiger partial charge in [-0.2, -0.15) is 0 Å². The van der Waals surface area contributed by atoms with Crippen molar-refractivity contribution in [2.75, 3.05) is 6.61 Å². The standard InChI is InChI=1S/C37H49NO10/c1-19(2)31(40)44-18-36(8)25-16-27(47-33(42)21(5)6)37(9)30(35(25,7)13-12-26(36)46-32(41)20(3)4)29(39)28-24(48-37)15-23(45-34(28)43)22-11-10-14-38-17-22/h10-11,14-15,17,19-21,25-27,29-30,39H,12-13,16,18H2,1-9H3/t25?,26-,27-,29?,30?,35-,36-,37+/m0/s1. The first-order valence-electron chi connectivity index (χ1n) is 17.0. The smallest absolute Gasteiger partial charge is 0.345 e. The van der Waals surface area contributed by atoms with Gasteiger partial charge in [-0.25, -0.2) is 4.79 Å². The van der Waals surface area contributed by atoms with Gasteiger partial charge in [0.25, 0.3) is 0 Å². The highest BCUT2D eigenvalue weighted by Gasteiger charge is 2.71. The molecule has 2 aliphatic carbocycles. The van der Waals surface area contributed by atoms with Crippen molar-refractivity contribution in [2.45, 2.75) is 105 Å². The molecule has 3 unspecified atom stereocenters. The van der Waals surface area contributed by atoms with E-state index in [4.69, 9.17) is 23.4 Å². The fourth-order valence-electron chi connectivity index (χ4n) is 8.33. The maximum Gasteiger partial charge on any atom is 0.345 e. The summed E-state index contributed by atoms with van der Waals surface area (Å²) in [4.78, 5) is 56.8. The predicted molar refractivity (Wildman–Crippen MR) is 174 cm³/mol. The van der Waals surface area contributed by atoms with Gasteiger partial charge in [-0.1, -0.05) is 55.4 Å². The lowest BCUT2D eigenvalue weighted by atomic mass is 9.42. The second-order valence-electron chi connectivity index (χ2n) is 15.4. The molecule has 1 N–H and O–H groups in total. The van der Waals surface area contributed by atoms with Gasteiger partial charge in [-0.15, -0.1) is 0 Å². The SMILES string of the molecule is CC(C)C(=O)OC[C@@]1(C)C2C[C@H](OC(=O)C(C)C)[C@@]3(C)Oc4cc(-c5cccnc5)oc(=O)c4C(O)C3[C@@]2(C)CC[C@@H]1OC(=O)C(C)C. The highest BCUT2D eigenvalue weighted by molar-refractivity contribution is 5.73. The van der Waals surface area contributed by atoms with Gasteiger partial charge in [-0.05, 0) is 49.7 Å². The number of ether oxygens (including phenoxy) is 4. The lowest BCUT2D eigenvalue weighted by molar-refractivity contribution is -0.272. The Morgan fingerprint density at radius 3 is 2.19 bits per heavy atom. The average Bonchev–Trinajstić information content (AvgIpc) is 3.02. The zero-order valence-electron chi connectivity index (χ0n) is 29.4. The van der Waals surface area contributed by atoms with Crippen LogP contribution in [-0.4, -0.2) is 52.4 Å². The van der Waals surface area contributed by atoms with Crippen molar-refractivity contribution in [1.82, 2.24) is 4.98 Å². The molecule has 8 atom stereocenters. The van der Waals surface area contributed by atoms with E-state index in [9.17, 15) is 24.3 Å². The van der Waals surface area contributed by atoms with Gasteiger partial charge >= 0.3 is 23.5 Å². The largest absolute Gasteiger partial charge is 0.482 e. The molecule has 0 radical (unpaired) electrons. The maximum absolute atomic E-state index is 13.6. The lowest BCUT2D eigenvalue weighted by Crippen LogP contribution is -2.71. The van der Waals surface area contributed by atoms with E-state index >= 15 is 0 Å². The zero-order chi connectivity index (χ0) is 35.3. The van der Waals surface area contributed by atoms with Crippen LogP contribution in [0.25, 0.3) is 11.3 Å². The summed E-state index contributed by atoms with van der Waals surface area (Å²) in [6.07, 6.45) is 1.47. The Bertz CT molecular complexity index is 1600. The first kappa shape index (κ1) is 35.6. The maximum atomic E-state index is 13.6. The van der Waals surface area contributed by atoms with E-state index in [-0.39, 0.29) is 47.9 Å². The fraction of sp³-hybridized carbons (Fsp3) is 0.649. The summed E-state index contributed by atoms with van der Waals surface area (Å²) in [6, 6.07) is 5.04. The van der Waals surface area contributed by atoms with E-state index < -0.39 is 70.1 Å². The van der Waals surface area contributed by atoms with Gasteiger partial charge in [0.2, 0.25) is 0 Å². The van der Waals surface area contributed by atoms with Crippen LogP contribution in [0.3, 0.4) is 0 Å². The van der Waals surface area contributed by atoms with E-state index in [0.717, 1.165) is 0 Å². The summed E-state index contributed by atoms with van der Waals surface area (Å²) >= 11 is 0. The number of aliphatic hydroxyl groups is 1. The van der Waals surface area contributed by atoms with Crippen molar-refractivity contribution in [3.05, 3.63) is 46.6 Å². The normalized spacial score (nSPS) is 32.5. The number of carbonyl (C=O) groups excluding carboxylic acids is 3. The van der Waals surface area contributed by atoms with E-state index in [0.29, 0.717) is 18.4 Å². The number of pyridine rings is 1. The molecule has 2 aromatic rings. The minimum absolute atomic E-state index is 0.0118. The van der Waals surface area contributed by atoms with E-state index in [2.05, 4.69) is 4.98 Å². The monoisotopic (exact) mass is 667 g/mol. The quantitative estimate of drug-likeness (QED) is 0.274. The zero-order valence-corrected chi connectivity index (χ0v) is 29.4. The molecule has 11 heteroatoms. The van der Waals surface area contributed by atoms with Gasteiger partial charge in [0, 0.05) is 35.4 Å². The predicted octanol–water partition coefficient (Wildman–Crippen LogP) is 5.66. The van der Waals surface area contributed by atoms with Crippen molar-refractivity contribution in [3.8, 4) is 17.1 Å². The number of hydrogen-bond acceptors (Lipinski definition) is 11. The molecule has 48 heavy (non-hydrogen) atoms. The van der Waals surface area contributed by atoms with Crippen LogP contribution in [0.1, 0.15) is 93.2 Å². The molecule has 262 valence electrons. The van der Waals surface area contributed by atoms with Crippen molar-refractivity contribution < 1.29 is 42.9 Å². The van der Waals surface area contributed by atoms with Crippen LogP contribution >= 0.6 is 0 Å². The lowest BCUT2D eigenvalue weighted by Gasteiger charge is -2.66. The summed E-state index contributed by atoms with van der Waals surface area (Å²) in [6.45, 7) is 16.2. The van der Waals surface area contributed by atoms with Crippen molar-refractivity contribution in [1.29, 1.82) is 0 Å². The van der Waals surface area contributed by atoms with Gasteiger partial charge in [0.05, 0.1) is 23.9 Å². The third-order valence-electron chi connectivity index (χ3n) is 11.0. The number of aromatic nitrogens is 1. The number of rotatable bonds is 8. The highest BCUT2D eigenvalue weighted by atomic mass is 16.6. The molecule has 3 heterocycles. The minimum Gasteiger partial charge on any atom is -0.482 e. The number of hydrogen-bond donors (Lipinski definition) is 1. The third-order valence-corrected chi connectivity index (χ3v) is 11.0. The number of nitrogens with zero attached hydrogens (tertiary/aromatic N) is 1. The first-order chi connectivity index (χ1) is 22.4. The molecule has 0 bridgehead atoms. The summed E-state index contributed by atoms with van der Waals surface area (Å²) in [5, 5.41) is 12.3. The molecule has 2 fully saturated rings. The second-order valence-corrected chi connectivity index (χ2v) is 15.4. The summed E-state index contributed by atoms with van der Waals surface area (Å²) in [5.41, 5.74) is -3.18. The molecule has 0 spiro atoms. The Labute approximate surface area is 281 Å². The second kappa shape index (κ2) is 12.9. The molecule has 11 nitrogen and oxygen atoms in total. The van der Waals surface area contributed by atoms with E-state index in [1.807, 2.05) is 20.8 Å². The third kappa shape index (κ3) is 6.03. The van der Waals surface area contributed by atoms with Gasteiger partial charge in [0.1, 0.15) is 41.5 Å². The summed E-state index contributed by atoms with van der Waals surface area (Å²) in [5.74, 6) is -3.21. The molecule has 0 saturated heterocycles. The molecule has 0 aromatic carbocycles. The van der Waals surface area contributed by atoms with E-state index in [1.54, 1.807) is 72.1 Å². The summed E-state index contributed by atoms with van der Waals surface area (Å²) in [7, 11) is 0. The number of fused-ring (bicyclic) bond motifs is 4. The molecule has 3 aliphatic rings. The van der Waals surface area contributed by atoms with Crippen molar-refractivity contribution in [3.63, 3.8) is 0 Å². The van der Waals surface area contributed by atoms with Gasteiger partial charge < -0.3 is 28.5 Å².